The van der Waals surface area contributed by atoms with Gasteiger partial charge in [-0.25, -0.2) is 9.78 Å². The number of carboxylic acid groups (broad SMARTS) is 1. The second-order valence-corrected chi connectivity index (χ2v) is 7.70. The molecule has 0 unspecified atom stereocenters. The summed E-state index contributed by atoms with van der Waals surface area (Å²) in [5, 5.41) is 9.38. The average Bonchev–Trinajstić information content (AvgIpc) is 3.04. The predicted octanol–water partition coefficient (Wildman–Crippen LogP) is 4.37. The van der Waals surface area contributed by atoms with Crippen LogP contribution in [0, 0.1) is 0 Å². The summed E-state index contributed by atoms with van der Waals surface area (Å²) < 4.78 is 5.73. The van der Waals surface area contributed by atoms with E-state index < -0.39 is 5.97 Å². The molecule has 0 fully saturated rings. The third-order valence-electron chi connectivity index (χ3n) is 4.49. The molecule has 3 aromatic rings. The highest BCUT2D eigenvalue weighted by Gasteiger charge is 2.24. The zero-order valence-corrected chi connectivity index (χ0v) is 16.4. The molecule has 0 radical (unpaired) electrons. The van der Waals surface area contributed by atoms with Gasteiger partial charge in [-0.1, -0.05) is 11.6 Å². The zero-order chi connectivity index (χ0) is 19.8. The maximum Gasteiger partial charge on any atom is 0.335 e. The highest BCUT2D eigenvalue weighted by molar-refractivity contribution is 7.17. The third kappa shape index (κ3) is 3.34. The highest BCUT2D eigenvalue weighted by atomic mass is 35.5. The summed E-state index contributed by atoms with van der Waals surface area (Å²) in [4.78, 5) is 31.3. The Kier molecular flexibility index (Phi) is 4.78. The summed E-state index contributed by atoms with van der Waals surface area (Å²) in [6.45, 7) is 0.500. The molecule has 142 valence electrons. The van der Waals surface area contributed by atoms with Crippen molar-refractivity contribution in [3.63, 3.8) is 0 Å². The van der Waals surface area contributed by atoms with Crippen LogP contribution >= 0.6 is 22.9 Å². The lowest BCUT2D eigenvalue weighted by atomic mass is 10.1. The van der Waals surface area contributed by atoms with E-state index in [0.717, 1.165) is 10.4 Å². The van der Waals surface area contributed by atoms with Gasteiger partial charge in [0.15, 0.2) is 0 Å². The minimum absolute atomic E-state index is 0.173. The molecular formula is C20H15ClN2O4S. The van der Waals surface area contributed by atoms with Gasteiger partial charge in [0, 0.05) is 19.2 Å². The summed E-state index contributed by atoms with van der Waals surface area (Å²) in [7, 11) is 1.66. The average molecular weight is 415 g/mol. The fourth-order valence-electron chi connectivity index (χ4n) is 3.00. The molecule has 2 aromatic heterocycles. The number of anilines is 1. The molecular weight excluding hydrogens is 400 g/mol. The van der Waals surface area contributed by atoms with Crippen LogP contribution in [-0.2, 0) is 6.42 Å². The van der Waals surface area contributed by atoms with Crippen molar-refractivity contribution in [3.8, 4) is 16.3 Å². The number of carbonyl (C=O) groups is 2. The van der Waals surface area contributed by atoms with Gasteiger partial charge >= 0.3 is 5.97 Å². The first-order chi connectivity index (χ1) is 13.4. The van der Waals surface area contributed by atoms with Gasteiger partial charge in [-0.3, -0.25) is 4.79 Å². The molecule has 1 N–H and O–H groups in total. The van der Waals surface area contributed by atoms with Gasteiger partial charge in [-0.05, 0) is 48.0 Å². The summed E-state index contributed by atoms with van der Waals surface area (Å²) in [5.74, 6) is -0.526. The molecule has 0 bridgehead atoms. The van der Waals surface area contributed by atoms with Crippen molar-refractivity contribution in [2.75, 3.05) is 18.6 Å². The predicted molar refractivity (Wildman–Crippen MR) is 108 cm³/mol. The van der Waals surface area contributed by atoms with Gasteiger partial charge in [0.1, 0.15) is 16.6 Å². The molecule has 0 aliphatic carbocycles. The Labute approximate surface area is 170 Å². The van der Waals surface area contributed by atoms with Crippen LogP contribution < -0.4 is 9.64 Å². The fraction of sp³-hybridized carbons (Fsp3) is 0.150. The summed E-state index contributed by atoms with van der Waals surface area (Å²) >= 11 is 7.41. The van der Waals surface area contributed by atoms with Crippen LogP contribution in [0.2, 0.25) is 5.15 Å². The number of nitrogens with zero attached hydrogens (tertiary/aromatic N) is 2. The maximum absolute atomic E-state index is 13.0. The number of pyridine rings is 1. The lowest BCUT2D eigenvalue weighted by Crippen LogP contribution is -2.25. The standard InChI is InChI=1S/C20H15ClN2O4S/c1-23(13-4-2-11(3-5-13)20(25)26)19(24)15-10-12-8-9-27-14-6-7-16(21)22-17(14)18(12)28-15/h2-7,10H,8-9H2,1H3,(H,25,26). The second kappa shape index (κ2) is 7.26. The van der Waals surface area contributed by atoms with Crippen molar-refractivity contribution in [1.82, 2.24) is 4.98 Å². The number of hydrogen-bond acceptors (Lipinski definition) is 5. The highest BCUT2D eigenvalue weighted by Crippen LogP contribution is 2.40. The monoisotopic (exact) mass is 414 g/mol. The van der Waals surface area contributed by atoms with Gasteiger partial charge in [-0.15, -0.1) is 11.3 Å². The topological polar surface area (TPSA) is 79.7 Å². The molecule has 3 heterocycles. The molecule has 0 atom stereocenters. The van der Waals surface area contributed by atoms with Crippen LogP contribution in [0.3, 0.4) is 0 Å². The molecule has 1 aliphatic rings. The number of benzene rings is 1. The van der Waals surface area contributed by atoms with Crippen molar-refractivity contribution in [3.05, 3.63) is 63.6 Å². The van der Waals surface area contributed by atoms with Crippen LogP contribution in [0.25, 0.3) is 10.6 Å². The number of amides is 1. The van der Waals surface area contributed by atoms with Gasteiger partial charge in [0.25, 0.3) is 5.91 Å². The lowest BCUT2D eigenvalue weighted by Gasteiger charge is -2.16. The molecule has 6 nitrogen and oxygen atoms in total. The van der Waals surface area contributed by atoms with Crippen molar-refractivity contribution in [2.45, 2.75) is 6.42 Å². The lowest BCUT2D eigenvalue weighted by molar-refractivity contribution is 0.0696. The van der Waals surface area contributed by atoms with E-state index in [9.17, 15) is 9.59 Å². The summed E-state index contributed by atoms with van der Waals surface area (Å²) in [6, 6.07) is 11.5. The van der Waals surface area contributed by atoms with E-state index in [0.29, 0.717) is 40.2 Å². The number of aromatic nitrogens is 1. The van der Waals surface area contributed by atoms with E-state index >= 15 is 0 Å². The molecule has 1 aromatic carbocycles. The van der Waals surface area contributed by atoms with Crippen molar-refractivity contribution in [1.29, 1.82) is 0 Å². The number of fused-ring (bicyclic) bond motifs is 3. The van der Waals surface area contributed by atoms with E-state index in [2.05, 4.69) is 4.98 Å². The minimum atomic E-state index is -1.01. The summed E-state index contributed by atoms with van der Waals surface area (Å²) in [6.07, 6.45) is 0.671. The number of hydrogen-bond donors (Lipinski definition) is 1. The molecule has 8 heteroatoms. The number of rotatable bonds is 3. The van der Waals surface area contributed by atoms with E-state index in [-0.39, 0.29) is 11.5 Å². The van der Waals surface area contributed by atoms with Crippen LogP contribution in [0.15, 0.2) is 42.5 Å². The number of halogens is 1. The van der Waals surface area contributed by atoms with E-state index in [4.69, 9.17) is 21.4 Å². The van der Waals surface area contributed by atoms with Crippen LogP contribution in [0.1, 0.15) is 25.6 Å². The Hall–Kier alpha value is -2.90. The van der Waals surface area contributed by atoms with E-state index in [1.807, 2.05) is 6.07 Å². The summed E-state index contributed by atoms with van der Waals surface area (Å²) in [5.41, 5.74) is 2.43. The van der Waals surface area contributed by atoms with Gasteiger partial charge < -0.3 is 14.7 Å². The first kappa shape index (κ1) is 18.5. The molecule has 1 amide bonds. The Morgan fingerprint density at radius 3 is 2.68 bits per heavy atom. The van der Waals surface area contributed by atoms with E-state index in [1.54, 1.807) is 31.3 Å². The fourth-order valence-corrected chi connectivity index (χ4v) is 4.33. The maximum atomic E-state index is 13.0. The van der Waals surface area contributed by atoms with Crippen molar-refractivity contribution < 1.29 is 19.4 Å². The van der Waals surface area contributed by atoms with Crippen molar-refractivity contribution in [2.24, 2.45) is 0 Å². The van der Waals surface area contributed by atoms with Crippen LogP contribution in [0.5, 0.6) is 5.75 Å². The number of aromatic carboxylic acids is 1. The van der Waals surface area contributed by atoms with Crippen molar-refractivity contribution >= 4 is 40.5 Å². The third-order valence-corrected chi connectivity index (χ3v) is 5.88. The molecule has 0 saturated heterocycles. The Morgan fingerprint density at radius 2 is 1.96 bits per heavy atom. The van der Waals surface area contributed by atoms with Gasteiger partial charge in [-0.2, -0.15) is 0 Å². The SMILES string of the molecule is CN(C(=O)c1cc2c(s1)-c1nc(Cl)ccc1OCC2)c1ccc(C(=O)O)cc1. The Morgan fingerprint density at radius 1 is 1.21 bits per heavy atom. The number of carbonyl (C=O) groups excluding carboxylic acids is 1. The largest absolute Gasteiger partial charge is 0.491 e. The first-order valence-electron chi connectivity index (χ1n) is 8.48. The normalized spacial score (nSPS) is 12.4. The Balaban J connectivity index is 1.67. The zero-order valence-electron chi connectivity index (χ0n) is 14.8. The second-order valence-electron chi connectivity index (χ2n) is 6.26. The first-order valence-corrected chi connectivity index (χ1v) is 9.67. The molecule has 28 heavy (non-hydrogen) atoms. The number of ether oxygens (including phenoxy) is 1. The molecule has 0 saturated carbocycles. The molecule has 0 spiro atoms. The quantitative estimate of drug-likeness (QED) is 0.643. The van der Waals surface area contributed by atoms with Crippen LogP contribution in [0.4, 0.5) is 5.69 Å². The Bertz CT molecular complexity index is 1080. The number of carboxylic acids is 1. The minimum Gasteiger partial charge on any atom is -0.491 e. The molecule has 4 rings (SSSR count). The van der Waals surface area contributed by atoms with Crippen LogP contribution in [-0.4, -0.2) is 35.6 Å². The smallest absolute Gasteiger partial charge is 0.335 e. The van der Waals surface area contributed by atoms with E-state index in [1.165, 1.54) is 28.4 Å². The van der Waals surface area contributed by atoms with Gasteiger partial charge in [0.2, 0.25) is 0 Å². The molecule has 1 aliphatic heterocycles. The van der Waals surface area contributed by atoms with Gasteiger partial charge in [0.05, 0.1) is 21.9 Å². The number of thiophene rings is 1.